The molecule has 0 aromatic carbocycles. The van der Waals surface area contributed by atoms with Crippen LogP contribution >= 0.6 is 0 Å². The SMILES string of the molecule is CC1(C)CC[C@]2(C(=O)O)[C@H](O)C[C@]3(C)C(=CC[C@@H]4[C@@]5(C)CC[C@H](O[C@@H]6O[C@H](CO[C@@H]7OC[C@H](O)[C@H](O)[C@H]7O[C@@H]7OC[C@@H](O)[C@H](O)[C@H]7O)[C@@H](O)[C@H](O)[C@H]6O[C@@H]6O[C@H](CO)[C@@H](O)[C@H](O)[C@H]6O)C(C)(C)[C@@H]5CC[C@]43C)[C@@H]2C1. The van der Waals surface area contributed by atoms with E-state index in [1.807, 2.05) is 0 Å². The molecule has 9 rings (SSSR count). The van der Waals surface area contributed by atoms with E-state index in [1.165, 1.54) is 5.57 Å². The molecule has 4 saturated carbocycles. The van der Waals surface area contributed by atoms with E-state index in [-0.39, 0.29) is 34.0 Å². The van der Waals surface area contributed by atoms with Crippen molar-refractivity contribution in [3.63, 3.8) is 0 Å². The summed E-state index contributed by atoms with van der Waals surface area (Å²) in [6.07, 6.45) is -23.1. The molecule has 0 spiro atoms. The summed E-state index contributed by atoms with van der Waals surface area (Å²) in [6, 6.07) is 0. The van der Waals surface area contributed by atoms with Gasteiger partial charge in [0.05, 0.1) is 38.6 Å². The molecule has 22 heteroatoms. The van der Waals surface area contributed by atoms with Crippen LogP contribution < -0.4 is 0 Å². The number of carbonyl (C=O) groups is 1. The smallest absolute Gasteiger partial charge is 0.312 e. The zero-order valence-corrected chi connectivity index (χ0v) is 43.5. The Morgan fingerprint density at radius 2 is 1.23 bits per heavy atom. The fourth-order valence-corrected chi connectivity index (χ4v) is 16.0. The minimum Gasteiger partial charge on any atom is -0.481 e. The monoisotopic (exact) mass is 1060 g/mol. The number of fused-ring (bicyclic) bond motifs is 7. The van der Waals surface area contributed by atoms with Crippen LogP contribution in [0.15, 0.2) is 11.6 Å². The van der Waals surface area contributed by atoms with E-state index in [1.54, 1.807) is 0 Å². The van der Waals surface area contributed by atoms with Crippen molar-refractivity contribution in [2.75, 3.05) is 26.4 Å². The van der Waals surface area contributed by atoms with Gasteiger partial charge in [0, 0.05) is 0 Å². The Morgan fingerprint density at radius 1 is 0.622 bits per heavy atom. The molecule has 4 saturated heterocycles. The van der Waals surface area contributed by atoms with Crippen molar-refractivity contribution >= 4 is 5.97 Å². The molecule has 74 heavy (non-hydrogen) atoms. The molecule has 4 aliphatic heterocycles. The molecule has 0 bridgehead atoms. The predicted molar refractivity (Wildman–Crippen MR) is 253 cm³/mol. The first kappa shape index (κ1) is 57.1. The Hall–Kier alpha value is -1.59. The van der Waals surface area contributed by atoms with E-state index in [2.05, 4.69) is 54.5 Å². The summed E-state index contributed by atoms with van der Waals surface area (Å²) in [5.74, 6) is -1.02. The number of aliphatic carboxylic acids is 1. The van der Waals surface area contributed by atoms with Crippen molar-refractivity contribution < 1.29 is 109 Å². The van der Waals surface area contributed by atoms with Gasteiger partial charge in [-0.25, -0.2) is 0 Å². The lowest BCUT2D eigenvalue weighted by molar-refractivity contribution is -0.384. The number of allylic oxidation sites excluding steroid dienone is 2. The number of rotatable bonds is 11. The molecule has 0 aromatic heterocycles. The second-order valence-corrected chi connectivity index (χ2v) is 25.5. The van der Waals surface area contributed by atoms with Gasteiger partial charge in [-0.2, -0.15) is 0 Å². The van der Waals surface area contributed by atoms with Crippen molar-refractivity contribution in [2.45, 2.75) is 229 Å². The molecule has 4 heterocycles. The average Bonchev–Trinajstić information content (AvgIpc) is 3.34. The van der Waals surface area contributed by atoms with E-state index >= 15 is 0 Å². The number of carboxylic acid groups (broad SMARTS) is 1. The van der Waals surface area contributed by atoms with Crippen LogP contribution in [0.1, 0.15) is 106 Å². The van der Waals surface area contributed by atoms with Crippen LogP contribution in [0.25, 0.3) is 0 Å². The number of carboxylic acids is 1. The van der Waals surface area contributed by atoms with Gasteiger partial charge < -0.3 is 104 Å². The maximum atomic E-state index is 13.3. The number of hydrogen-bond acceptors (Lipinski definition) is 21. The molecule has 8 fully saturated rings. The van der Waals surface area contributed by atoms with Gasteiger partial charge in [0.15, 0.2) is 25.2 Å². The van der Waals surface area contributed by atoms with E-state index in [0.29, 0.717) is 32.1 Å². The summed E-state index contributed by atoms with van der Waals surface area (Å²) in [5.41, 5.74) is -1.78. The standard InChI is InChI=1S/C52H84O22/c1-47(2)14-15-52(46(65)66)23(16-47)22-8-9-29-49(5)12-11-31(48(3,4)28(49)10-13-50(29,6)51(22,7)17-30(52)56)72-45-41(74-43-39(64)36(61)34(59)26(18-53)70-43)37(62)35(60)27(71-45)21-69-44-40(33(58)25(55)20-68-44)73-42-38(63)32(57)24(54)19-67-42/h8,23-45,53-64H,9-21H2,1-7H3,(H,65,66)/t23-,24+,25-,26+,27+,28-,29+,30+,31-,32-,33-,34+,35+,36-,37-,38+,39+,40+,41+,42-,43-,44-,45-,49-,50+,51+,52+/m0/s1. The van der Waals surface area contributed by atoms with Crippen molar-refractivity contribution in [2.24, 2.45) is 50.2 Å². The highest BCUT2D eigenvalue weighted by Crippen LogP contribution is 2.76. The van der Waals surface area contributed by atoms with Gasteiger partial charge in [0.1, 0.15) is 90.9 Å². The van der Waals surface area contributed by atoms with Crippen LogP contribution in [-0.4, -0.2) is 222 Å². The van der Waals surface area contributed by atoms with Crippen molar-refractivity contribution in [1.29, 1.82) is 0 Å². The molecule has 5 aliphatic carbocycles. The third-order valence-corrected chi connectivity index (χ3v) is 20.7. The molecule has 13 N–H and O–H groups in total. The van der Waals surface area contributed by atoms with Gasteiger partial charge in [-0.05, 0) is 103 Å². The first-order chi connectivity index (χ1) is 34.6. The largest absolute Gasteiger partial charge is 0.481 e. The Balaban J connectivity index is 0.971. The van der Waals surface area contributed by atoms with E-state index < -0.39 is 171 Å². The Morgan fingerprint density at radius 3 is 1.91 bits per heavy atom. The maximum absolute atomic E-state index is 13.3. The van der Waals surface area contributed by atoms with Gasteiger partial charge >= 0.3 is 5.97 Å². The van der Waals surface area contributed by atoms with Crippen molar-refractivity contribution in [3.05, 3.63) is 11.6 Å². The first-order valence-corrected chi connectivity index (χ1v) is 26.7. The third-order valence-electron chi connectivity index (χ3n) is 20.7. The fourth-order valence-electron chi connectivity index (χ4n) is 16.0. The van der Waals surface area contributed by atoms with Crippen LogP contribution in [0.3, 0.4) is 0 Å². The highest BCUT2D eigenvalue weighted by atomic mass is 16.8. The van der Waals surface area contributed by atoms with Gasteiger partial charge in [0.2, 0.25) is 0 Å². The Kier molecular flexibility index (Phi) is 15.8. The van der Waals surface area contributed by atoms with E-state index in [0.717, 1.165) is 25.7 Å². The zero-order chi connectivity index (χ0) is 54.0. The molecule has 0 aromatic rings. The summed E-state index contributed by atoms with van der Waals surface area (Å²) >= 11 is 0. The quantitative estimate of drug-likeness (QED) is 0.0852. The summed E-state index contributed by atoms with van der Waals surface area (Å²) in [7, 11) is 0. The summed E-state index contributed by atoms with van der Waals surface area (Å²) in [5, 5.41) is 141. The van der Waals surface area contributed by atoms with Gasteiger partial charge in [-0.15, -0.1) is 0 Å². The molecule has 0 unspecified atom stereocenters. The van der Waals surface area contributed by atoms with Crippen LogP contribution in [0.2, 0.25) is 0 Å². The second kappa shape index (κ2) is 20.5. The third kappa shape index (κ3) is 9.16. The Bertz CT molecular complexity index is 2040. The molecule has 0 amide bonds. The molecular formula is C52H84O22. The van der Waals surface area contributed by atoms with Crippen LogP contribution in [-0.2, 0) is 42.7 Å². The Labute approximate surface area is 431 Å². The highest BCUT2D eigenvalue weighted by Gasteiger charge is 2.72. The normalized spacial score (nSPS) is 54.1. The topological polar surface area (TPSA) is 354 Å². The molecule has 0 radical (unpaired) electrons. The van der Waals surface area contributed by atoms with Gasteiger partial charge in [0.25, 0.3) is 0 Å². The average molecular weight is 1060 g/mol. The minimum absolute atomic E-state index is 0.0480. The van der Waals surface area contributed by atoms with E-state index in [9.17, 15) is 71.2 Å². The van der Waals surface area contributed by atoms with Crippen LogP contribution in [0.4, 0.5) is 0 Å². The predicted octanol–water partition coefficient (Wildman–Crippen LogP) is -1.22. The summed E-state index contributed by atoms with van der Waals surface area (Å²) < 4.78 is 48.1. The lowest BCUT2D eigenvalue weighted by Gasteiger charge is -2.71. The fraction of sp³-hybridized carbons (Fsp3) is 0.942. The number of aliphatic hydroxyl groups is 12. The van der Waals surface area contributed by atoms with Crippen LogP contribution in [0, 0.1) is 50.2 Å². The van der Waals surface area contributed by atoms with Crippen molar-refractivity contribution in [3.8, 4) is 0 Å². The number of aliphatic hydroxyl groups excluding tert-OH is 12. The first-order valence-electron chi connectivity index (χ1n) is 26.7. The molecule has 22 nitrogen and oxygen atoms in total. The molecule has 27 atom stereocenters. The summed E-state index contributed by atoms with van der Waals surface area (Å²) in [6.45, 7) is 13.4. The zero-order valence-electron chi connectivity index (χ0n) is 43.5. The van der Waals surface area contributed by atoms with E-state index in [4.69, 9.17) is 37.9 Å². The minimum atomic E-state index is -1.89. The number of ether oxygens (including phenoxy) is 8. The lowest BCUT2D eigenvalue weighted by Crippen LogP contribution is -2.68. The molecule has 9 aliphatic rings. The second-order valence-electron chi connectivity index (χ2n) is 25.5. The van der Waals surface area contributed by atoms with Gasteiger partial charge in [-0.1, -0.05) is 60.1 Å². The van der Waals surface area contributed by atoms with Crippen LogP contribution in [0.5, 0.6) is 0 Å². The number of hydrogen-bond donors (Lipinski definition) is 13. The van der Waals surface area contributed by atoms with Gasteiger partial charge in [-0.3, -0.25) is 4.79 Å². The van der Waals surface area contributed by atoms with Crippen molar-refractivity contribution in [1.82, 2.24) is 0 Å². The maximum Gasteiger partial charge on any atom is 0.312 e. The molecule has 424 valence electrons. The summed E-state index contributed by atoms with van der Waals surface area (Å²) in [4.78, 5) is 13.3. The highest BCUT2D eigenvalue weighted by molar-refractivity contribution is 5.77. The lowest BCUT2D eigenvalue weighted by atomic mass is 9.33. The molecular weight excluding hydrogens is 977 g/mol.